The number of sulfonamides is 1. The van der Waals surface area contributed by atoms with Gasteiger partial charge >= 0.3 is 0 Å². The van der Waals surface area contributed by atoms with Crippen molar-refractivity contribution in [1.29, 1.82) is 5.26 Å². The largest absolute Gasteiger partial charge is 0.399 e. The van der Waals surface area contributed by atoms with Gasteiger partial charge in [0, 0.05) is 25.7 Å². The molecule has 0 atom stereocenters. The molecule has 0 aliphatic carbocycles. The maximum Gasteiger partial charge on any atom is 0.243 e. The molecule has 0 heterocycles. The minimum Gasteiger partial charge on any atom is -0.399 e. The minimum absolute atomic E-state index is 0.164. The van der Waals surface area contributed by atoms with E-state index in [0.717, 1.165) is 4.31 Å². The Morgan fingerprint density at radius 2 is 2.12 bits per heavy atom. The number of benzene rings is 1. The van der Waals surface area contributed by atoms with Crippen LogP contribution in [-0.4, -0.2) is 26.3 Å². The molecule has 17 heavy (non-hydrogen) atoms. The third-order valence-electron chi connectivity index (χ3n) is 2.44. The number of hydrogen-bond acceptors (Lipinski definition) is 4. The minimum atomic E-state index is -3.56. The first-order valence-electron chi connectivity index (χ1n) is 5.09. The summed E-state index contributed by atoms with van der Waals surface area (Å²) in [5, 5.41) is 8.46. The SMILES string of the molecule is Cc1ccc(N)cc1S(=O)(=O)N(C)CCC#N. The molecule has 92 valence electrons. The van der Waals surface area contributed by atoms with Crippen LogP contribution in [0, 0.1) is 18.3 Å². The maximum absolute atomic E-state index is 12.2. The quantitative estimate of drug-likeness (QED) is 0.814. The Hall–Kier alpha value is -1.58. The van der Waals surface area contributed by atoms with E-state index in [1.54, 1.807) is 19.1 Å². The monoisotopic (exact) mass is 253 g/mol. The zero-order valence-electron chi connectivity index (χ0n) is 9.84. The molecule has 0 radical (unpaired) electrons. The highest BCUT2D eigenvalue weighted by molar-refractivity contribution is 7.89. The standard InChI is InChI=1S/C11H15N3O2S/c1-9-4-5-10(13)8-11(9)17(15,16)14(2)7-3-6-12/h4-5,8H,3,7,13H2,1-2H3. The van der Waals surface area contributed by atoms with Gasteiger partial charge in [0.1, 0.15) is 0 Å². The van der Waals surface area contributed by atoms with Crippen LogP contribution in [0.2, 0.25) is 0 Å². The first kappa shape index (κ1) is 13.5. The van der Waals surface area contributed by atoms with Gasteiger partial charge in [-0.2, -0.15) is 9.57 Å². The summed E-state index contributed by atoms with van der Waals surface area (Å²) in [5.41, 5.74) is 6.64. The van der Waals surface area contributed by atoms with Crippen molar-refractivity contribution in [2.45, 2.75) is 18.2 Å². The highest BCUT2D eigenvalue weighted by Crippen LogP contribution is 2.21. The van der Waals surface area contributed by atoms with Crippen molar-refractivity contribution in [1.82, 2.24) is 4.31 Å². The molecular formula is C11H15N3O2S. The zero-order chi connectivity index (χ0) is 13.1. The summed E-state index contributed by atoms with van der Waals surface area (Å²) >= 11 is 0. The van der Waals surface area contributed by atoms with E-state index in [1.807, 2.05) is 6.07 Å². The van der Waals surface area contributed by atoms with Crippen molar-refractivity contribution in [2.24, 2.45) is 0 Å². The Balaban J connectivity index is 3.13. The first-order chi connectivity index (χ1) is 7.89. The molecule has 5 nitrogen and oxygen atoms in total. The molecule has 0 aliphatic rings. The number of nitrogen functional groups attached to an aromatic ring is 1. The fraction of sp³-hybridized carbons (Fsp3) is 0.364. The van der Waals surface area contributed by atoms with Gasteiger partial charge in [-0.25, -0.2) is 8.42 Å². The number of aryl methyl sites for hydroxylation is 1. The number of nitrogens with two attached hydrogens (primary N) is 1. The second kappa shape index (κ2) is 5.17. The van der Waals surface area contributed by atoms with Gasteiger partial charge < -0.3 is 5.73 Å². The van der Waals surface area contributed by atoms with Crippen LogP contribution in [0.3, 0.4) is 0 Å². The lowest BCUT2D eigenvalue weighted by Crippen LogP contribution is -2.28. The van der Waals surface area contributed by atoms with E-state index in [1.165, 1.54) is 13.1 Å². The van der Waals surface area contributed by atoms with E-state index in [4.69, 9.17) is 11.0 Å². The van der Waals surface area contributed by atoms with Crippen molar-refractivity contribution in [2.75, 3.05) is 19.3 Å². The Morgan fingerprint density at radius 1 is 1.47 bits per heavy atom. The van der Waals surface area contributed by atoms with Gasteiger partial charge in [-0.1, -0.05) is 6.07 Å². The van der Waals surface area contributed by atoms with E-state index in [2.05, 4.69) is 0 Å². The van der Waals surface area contributed by atoms with Gasteiger partial charge in [0.2, 0.25) is 10.0 Å². The molecule has 0 aromatic heterocycles. The molecule has 1 aromatic carbocycles. The summed E-state index contributed by atoms with van der Waals surface area (Å²) in [4.78, 5) is 0.193. The third kappa shape index (κ3) is 2.96. The molecule has 0 aliphatic heterocycles. The van der Waals surface area contributed by atoms with Gasteiger partial charge in [0.15, 0.2) is 0 Å². The molecular weight excluding hydrogens is 238 g/mol. The molecule has 1 rings (SSSR count). The lowest BCUT2D eigenvalue weighted by Gasteiger charge is -2.17. The van der Waals surface area contributed by atoms with E-state index < -0.39 is 10.0 Å². The van der Waals surface area contributed by atoms with Crippen LogP contribution in [0.25, 0.3) is 0 Å². The molecule has 0 saturated heterocycles. The molecule has 2 N–H and O–H groups in total. The Kier molecular flexibility index (Phi) is 4.10. The van der Waals surface area contributed by atoms with Crippen molar-refractivity contribution in [3.8, 4) is 6.07 Å². The highest BCUT2D eigenvalue weighted by atomic mass is 32.2. The van der Waals surface area contributed by atoms with Gasteiger partial charge in [0.25, 0.3) is 0 Å². The van der Waals surface area contributed by atoms with Crippen LogP contribution in [0.4, 0.5) is 5.69 Å². The number of anilines is 1. The Bertz CT molecular complexity index is 546. The predicted molar refractivity (Wildman–Crippen MR) is 65.6 cm³/mol. The second-order valence-corrected chi connectivity index (χ2v) is 5.77. The molecule has 0 fully saturated rings. The Morgan fingerprint density at radius 3 is 2.71 bits per heavy atom. The topological polar surface area (TPSA) is 87.2 Å². The van der Waals surface area contributed by atoms with Gasteiger partial charge in [-0.3, -0.25) is 0 Å². The van der Waals surface area contributed by atoms with Gasteiger partial charge in [0.05, 0.1) is 11.0 Å². The van der Waals surface area contributed by atoms with Gasteiger partial charge in [-0.05, 0) is 24.6 Å². The summed E-state index contributed by atoms with van der Waals surface area (Å²) in [6.07, 6.45) is 0.164. The van der Waals surface area contributed by atoms with Gasteiger partial charge in [-0.15, -0.1) is 0 Å². The van der Waals surface area contributed by atoms with Crippen LogP contribution in [0.1, 0.15) is 12.0 Å². The summed E-state index contributed by atoms with van der Waals surface area (Å²) in [6, 6.07) is 6.68. The normalized spacial score (nSPS) is 11.4. The van der Waals surface area contributed by atoms with E-state index in [9.17, 15) is 8.42 Å². The van der Waals surface area contributed by atoms with Crippen LogP contribution >= 0.6 is 0 Å². The average Bonchev–Trinajstić information content (AvgIpc) is 2.28. The van der Waals surface area contributed by atoms with Crippen LogP contribution in [0.15, 0.2) is 23.1 Å². The average molecular weight is 253 g/mol. The first-order valence-corrected chi connectivity index (χ1v) is 6.53. The fourth-order valence-electron chi connectivity index (χ4n) is 1.39. The maximum atomic E-state index is 12.2. The number of nitriles is 1. The third-order valence-corrected chi connectivity index (χ3v) is 4.44. The van der Waals surface area contributed by atoms with E-state index in [-0.39, 0.29) is 17.9 Å². The lowest BCUT2D eigenvalue weighted by atomic mass is 10.2. The molecule has 0 saturated carbocycles. The van der Waals surface area contributed by atoms with Crippen molar-refractivity contribution >= 4 is 15.7 Å². The van der Waals surface area contributed by atoms with Crippen LogP contribution in [-0.2, 0) is 10.0 Å². The smallest absolute Gasteiger partial charge is 0.243 e. The predicted octanol–water partition coefficient (Wildman–Crippen LogP) is 1.11. The van der Waals surface area contributed by atoms with Crippen molar-refractivity contribution < 1.29 is 8.42 Å². The molecule has 0 unspecified atom stereocenters. The zero-order valence-corrected chi connectivity index (χ0v) is 10.7. The van der Waals surface area contributed by atoms with Crippen molar-refractivity contribution in [3.05, 3.63) is 23.8 Å². The van der Waals surface area contributed by atoms with E-state index >= 15 is 0 Å². The highest BCUT2D eigenvalue weighted by Gasteiger charge is 2.22. The summed E-state index contributed by atoms with van der Waals surface area (Å²) < 4.78 is 25.5. The van der Waals surface area contributed by atoms with Crippen LogP contribution in [0.5, 0.6) is 0 Å². The summed E-state index contributed by atoms with van der Waals surface area (Å²) in [6.45, 7) is 1.89. The number of hydrogen-bond donors (Lipinski definition) is 1. The molecule has 1 aromatic rings. The number of nitrogens with zero attached hydrogens (tertiary/aromatic N) is 2. The van der Waals surface area contributed by atoms with E-state index in [0.29, 0.717) is 11.3 Å². The Labute approximate surface area is 102 Å². The molecule has 0 amide bonds. The number of rotatable bonds is 4. The molecule has 0 spiro atoms. The second-order valence-electron chi connectivity index (χ2n) is 3.76. The molecule has 0 bridgehead atoms. The summed E-state index contributed by atoms with van der Waals surface area (Å²) in [7, 11) is -2.11. The molecule has 6 heteroatoms. The van der Waals surface area contributed by atoms with Crippen molar-refractivity contribution in [3.63, 3.8) is 0 Å². The summed E-state index contributed by atoms with van der Waals surface area (Å²) in [5.74, 6) is 0. The van der Waals surface area contributed by atoms with Crippen LogP contribution < -0.4 is 5.73 Å². The lowest BCUT2D eigenvalue weighted by molar-refractivity contribution is 0.476. The fourth-order valence-corrected chi connectivity index (χ4v) is 2.82.